The summed E-state index contributed by atoms with van der Waals surface area (Å²) in [5.74, 6) is -2.17. The highest BCUT2D eigenvalue weighted by Gasteiger charge is 2.15. The van der Waals surface area contributed by atoms with Gasteiger partial charge in [-0.2, -0.15) is 5.26 Å². The lowest BCUT2D eigenvalue weighted by atomic mass is 10.1. The molecule has 0 radical (unpaired) electrons. The minimum absolute atomic E-state index is 0.0543. The van der Waals surface area contributed by atoms with Gasteiger partial charge in [0.25, 0.3) is 5.91 Å². The summed E-state index contributed by atoms with van der Waals surface area (Å²) in [5, 5.41) is 21.9. The average Bonchev–Trinajstić information content (AvgIpc) is 2.97. The van der Waals surface area contributed by atoms with Crippen LogP contribution in [0.3, 0.4) is 0 Å². The second kappa shape index (κ2) is 10.7. The molecule has 2 aromatic rings. The van der Waals surface area contributed by atoms with Crippen LogP contribution < -0.4 is 10.1 Å². The number of aliphatic hydroxyl groups is 1. The maximum atomic E-state index is 13.2. The molecule has 0 aliphatic heterocycles. The molecule has 1 aromatic carbocycles. The number of hydrogen-bond donors (Lipinski definition) is 2. The minimum atomic E-state index is -1.10. The first kappa shape index (κ1) is 24.1. The smallest absolute Gasteiger partial charge is 0.262 e. The van der Waals surface area contributed by atoms with Crippen molar-refractivity contribution in [1.29, 1.82) is 5.26 Å². The van der Waals surface area contributed by atoms with Crippen LogP contribution in [0.15, 0.2) is 29.8 Å². The topological polar surface area (TPSA) is 87.3 Å². The molecule has 1 unspecified atom stereocenters. The molecule has 0 saturated carbocycles. The van der Waals surface area contributed by atoms with Crippen molar-refractivity contribution >= 4 is 12.0 Å². The van der Waals surface area contributed by atoms with Crippen molar-refractivity contribution in [2.24, 2.45) is 5.92 Å². The number of nitrogens with zero attached hydrogens (tertiary/aromatic N) is 2. The van der Waals surface area contributed by atoms with E-state index in [4.69, 9.17) is 4.74 Å². The van der Waals surface area contributed by atoms with Gasteiger partial charge in [0.2, 0.25) is 0 Å². The van der Waals surface area contributed by atoms with Gasteiger partial charge >= 0.3 is 0 Å². The largest absolute Gasteiger partial charge is 0.491 e. The first-order valence-corrected chi connectivity index (χ1v) is 9.95. The number of aryl methyl sites for hydroxylation is 1. The molecule has 8 heteroatoms. The molecule has 1 amide bonds. The molecule has 6 nitrogen and oxygen atoms in total. The third kappa shape index (κ3) is 6.66. The second-order valence-corrected chi connectivity index (χ2v) is 7.75. The van der Waals surface area contributed by atoms with Crippen molar-refractivity contribution < 1.29 is 23.4 Å². The van der Waals surface area contributed by atoms with Crippen molar-refractivity contribution in [3.63, 3.8) is 0 Å². The van der Waals surface area contributed by atoms with Gasteiger partial charge in [-0.1, -0.05) is 13.8 Å². The summed E-state index contributed by atoms with van der Waals surface area (Å²) in [4.78, 5) is 12.4. The van der Waals surface area contributed by atoms with Gasteiger partial charge < -0.3 is 19.7 Å². The number of amides is 1. The standard InChI is InChI=1S/C23H27F2N3O3/c1-14(2)12-28-15(3)7-17(16(28)4)8-18(10-26)23(30)27-11-19(29)13-31-20-5-6-21(24)22(25)9-20/h5-9,14,19,29H,11-13H2,1-4H3,(H,27,30)/b18-8-. The fourth-order valence-corrected chi connectivity index (χ4v) is 3.05. The fourth-order valence-electron chi connectivity index (χ4n) is 3.05. The van der Waals surface area contributed by atoms with Crippen LogP contribution in [0.1, 0.15) is 30.8 Å². The summed E-state index contributed by atoms with van der Waals surface area (Å²) in [6, 6.07) is 6.83. The molecule has 0 aliphatic rings. The number of aliphatic hydroxyl groups excluding tert-OH is 1. The summed E-state index contributed by atoms with van der Waals surface area (Å²) in [6.07, 6.45) is 0.423. The van der Waals surface area contributed by atoms with E-state index < -0.39 is 23.6 Å². The zero-order valence-electron chi connectivity index (χ0n) is 18.1. The molecule has 2 N–H and O–H groups in total. The molecule has 31 heavy (non-hydrogen) atoms. The van der Waals surface area contributed by atoms with E-state index in [9.17, 15) is 23.9 Å². The number of ether oxygens (including phenoxy) is 1. The molecular weight excluding hydrogens is 404 g/mol. The van der Waals surface area contributed by atoms with Crippen molar-refractivity contribution in [2.75, 3.05) is 13.2 Å². The van der Waals surface area contributed by atoms with E-state index in [1.54, 1.807) is 0 Å². The number of aromatic nitrogens is 1. The summed E-state index contributed by atoms with van der Waals surface area (Å²) in [6.45, 7) is 8.56. The predicted octanol–water partition coefficient (Wildman–Crippen LogP) is 3.50. The van der Waals surface area contributed by atoms with Crippen molar-refractivity contribution in [3.05, 3.63) is 58.4 Å². The van der Waals surface area contributed by atoms with E-state index in [2.05, 4.69) is 23.7 Å². The molecule has 1 atom stereocenters. The van der Waals surface area contributed by atoms with Crippen LogP contribution in [0.4, 0.5) is 8.78 Å². The molecule has 1 aromatic heterocycles. The number of carbonyl (C=O) groups is 1. The molecule has 2 rings (SSSR count). The Morgan fingerprint density at radius 3 is 2.61 bits per heavy atom. The van der Waals surface area contributed by atoms with Gasteiger partial charge in [0.15, 0.2) is 11.6 Å². The molecule has 0 aliphatic carbocycles. The number of benzene rings is 1. The van der Waals surface area contributed by atoms with Crippen LogP contribution in [-0.2, 0) is 11.3 Å². The summed E-state index contributed by atoms with van der Waals surface area (Å²) < 4.78 is 33.4. The quantitative estimate of drug-likeness (QED) is 0.470. The first-order chi connectivity index (χ1) is 14.6. The second-order valence-electron chi connectivity index (χ2n) is 7.75. The molecular formula is C23H27F2N3O3. The Balaban J connectivity index is 1.97. The Labute approximate surface area is 180 Å². The molecule has 0 fully saturated rings. The van der Waals surface area contributed by atoms with Gasteiger partial charge in [0.1, 0.15) is 30.1 Å². The van der Waals surface area contributed by atoms with E-state index in [1.165, 1.54) is 12.1 Å². The number of nitrogens with one attached hydrogen (secondary N) is 1. The monoisotopic (exact) mass is 431 g/mol. The van der Waals surface area contributed by atoms with Crippen LogP contribution in [0, 0.1) is 42.7 Å². The maximum absolute atomic E-state index is 13.2. The Kier molecular flexibility index (Phi) is 8.34. The fraction of sp³-hybridized carbons (Fsp3) is 0.391. The van der Waals surface area contributed by atoms with Crippen LogP contribution in [-0.4, -0.2) is 34.8 Å². The molecule has 0 spiro atoms. The lowest BCUT2D eigenvalue weighted by Gasteiger charge is -2.13. The third-order valence-electron chi connectivity index (χ3n) is 4.66. The normalized spacial score (nSPS) is 12.5. The van der Waals surface area contributed by atoms with Gasteiger partial charge in [-0.15, -0.1) is 0 Å². The minimum Gasteiger partial charge on any atom is -0.491 e. The van der Waals surface area contributed by atoms with Crippen molar-refractivity contribution in [1.82, 2.24) is 9.88 Å². The highest BCUT2D eigenvalue weighted by Crippen LogP contribution is 2.20. The number of carbonyl (C=O) groups excluding carboxylic acids is 1. The average molecular weight is 431 g/mol. The summed E-state index contributed by atoms with van der Waals surface area (Å²) in [5.41, 5.74) is 2.71. The van der Waals surface area contributed by atoms with E-state index in [1.807, 2.05) is 26.0 Å². The lowest BCUT2D eigenvalue weighted by Crippen LogP contribution is -2.35. The molecule has 166 valence electrons. The zero-order chi connectivity index (χ0) is 23.1. The van der Waals surface area contributed by atoms with Crippen LogP contribution in [0.2, 0.25) is 0 Å². The lowest BCUT2D eigenvalue weighted by molar-refractivity contribution is -0.117. The Hall–Kier alpha value is -3.18. The Morgan fingerprint density at radius 1 is 1.29 bits per heavy atom. The first-order valence-electron chi connectivity index (χ1n) is 9.95. The summed E-state index contributed by atoms with van der Waals surface area (Å²) in [7, 11) is 0. The summed E-state index contributed by atoms with van der Waals surface area (Å²) >= 11 is 0. The number of halogens is 2. The molecule has 0 bridgehead atoms. The van der Waals surface area contributed by atoms with Gasteiger partial charge in [-0.25, -0.2) is 8.78 Å². The van der Waals surface area contributed by atoms with E-state index in [0.717, 1.165) is 35.6 Å². The zero-order valence-corrected chi connectivity index (χ0v) is 18.1. The SMILES string of the molecule is Cc1cc(/C=C(/C#N)C(=O)NCC(O)COc2ccc(F)c(F)c2)c(C)n1CC(C)C. The predicted molar refractivity (Wildman–Crippen MR) is 113 cm³/mol. The molecule has 0 saturated heterocycles. The highest BCUT2D eigenvalue weighted by atomic mass is 19.2. The van der Waals surface area contributed by atoms with Gasteiger partial charge in [-0.05, 0) is 49.6 Å². The Bertz CT molecular complexity index is 1010. The van der Waals surface area contributed by atoms with Crippen molar-refractivity contribution in [3.8, 4) is 11.8 Å². The number of rotatable bonds is 9. The van der Waals surface area contributed by atoms with Crippen LogP contribution in [0.25, 0.3) is 6.08 Å². The number of hydrogen-bond acceptors (Lipinski definition) is 4. The van der Waals surface area contributed by atoms with Gasteiger partial charge in [0, 0.05) is 30.5 Å². The third-order valence-corrected chi connectivity index (χ3v) is 4.66. The van der Waals surface area contributed by atoms with Crippen LogP contribution in [0.5, 0.6) is 5.75 Å². The van der Waals surface area contributed by atoms with Crippen molar-refractivity contribution in [2.45, 2.75) is 40.3 Å². The van der Waals surface area contributed by atoms with E-state index in [-0.39, 0.29) is 24.5 Å². The van der Waals surface area contributed by atoms with Crippen LogP contribution >= 0.6 is 0 Å². The van der Waals surface area contributed by atoms with E-state index >= 15 is 0 Å². The van der Waals surface area contributed by atoms with E-state index in [0.29, 0.717) is 5.92 Å². The van der Waals surface area contributed by atoms with Gasteiger partial charge in [0.05, 0.1) is 0 Å². The highest BCUT2D eigenvalue weighted by molar-refractivity contribution is 6.01. The maximum Gasteiger partial charge on any atom is 0.262 e. The Morgan fingerprint density at radius 2 is 2.00 bits per heavy atom. The molecule has 1 heterocycles. The van der Waals surface area contributed by atoms with Gasteiger partial charge in [-0.3, -0.25) is 4.79 Å². The number of nitriles is 1.